The van der Waals surface area contributed by atoms with Gasteiger partial charge >= 0.3 is 0 Å². The van der Waals surface area contributed by atoms with Crippen LogP contribution in [0, 0.1) is 11.3 Å². The maximum atomic E-state index is 10.6. The van der Waals surface area contributed by atoms with Gasteiger partial charge in [-0.05, 0) is 12.1 Å². The van der Waals surface area contributed by atoms with Crippen LogP contribution in [0.5, 0.6) is 0 Å². The molecule has 0 heterocycles. The molecule has 0 aromatic heterocycles. The second-order valence-corrected chi connectivity index (χ2v) is 3.64. The van der Waals surface area contributed by atoms with Crippen LogP contribution in [0.2, 0.25) is 0 Å². The molecular weight excluding hydrogens is 188 g/mol. The summed E-state index contributed by atoms with van der Waals surface area (Å²) in [7, 11) is -3.50. The van der Waals surface area contributed by atoms with Gasteiger partial charge in [-0.25, -0.2) is 13.6 Å². The average molecular weight is 198 g/mol. The maximum absolute atomic E-state index is 10.6. The number of nitrogens with two attached hydrogens (primary N) is 1. The Bertz CT molecular complexity index is 378. The van der Waals surface area contributed by atoms with Crippen molar-refractivity contribution >= 4 is 10.0 Å². The number of sulfonamides is 1. The zero-order valence-electron chi connectivity index (χ0n) is 7.14. The molecule has 0 unspecified atom stereocenters. The van der Waals surface area contributed by atoms with Crippen molar-refractivity contribution in [3.8, 4) is 6.07 Å². The first-order chi connectivity index (χ1) is 6.02. The van der Waals surface area contributed by atoms with E-state index in [2.05, 4.69) is 0 Å². The average Bonchev–Trinajstić information content (AvgIpc) is 2.06. The Morgan fingerprint density at radius 3 is 1.92 bits per heavy atom. The molecule has 0 saturated heterocycles. The molecule has 2 N–H and O–H groups in total. The van der Waals surface area contributed by atoms with Gasteiger partial charge in [0.2, 0.25) is 10.0 Å². The molecule has 1 aromatic carbocycles. The van der Waals surface area contributed by atoms with Gasteiger partial charge in [0.15, 0.2) is 0 Å². The minimum atomic E-state index is -3.50. The standard InChI is InChI=1S/C6H7NO2S.C2H3N/c7-10(8,9)6-4-2-1-3-5-6;1-2-3/h1-5H,(H2,7,8,9);1H3. The third kappa shape index (κ3) is 4.95. The van der Waals surface area contributed by atoms with Gasteiger partial charge in [0.25, 0.3) is 0 Å². The van der Waals surface area contributed by atoms with Crippen LogP contribution in [0.1, 0.15) is 6.92 Å². The summed E-state index contributed by atoms with van der Waals surface area (Å²) in [6.07, 6.45) is 0. The quantitative estimate of drug-likeness (QED) is 0.726. The van der Waals surface area contributed by atoms with E-state index in [0.717, 1.165) is 0 Å². The molecule has 13 heavy (non-hydrogen) atoms. The highest BCUT2D eigenvalue weighted by Crippen LogP contribution is 2.02. The van der Waals surface area contributed by atoms with Crippen LogP contribution in [-0.4, -0.2) is 8.42 Å². The molecule has 70 valence electrons. The Labute approximate surface area is 77.7 Å². The summed E-state index contributed by atoms with van der Waals surface area (Å²) in [6.45, 7) is 1.43. The third-order valence-corrected chi connectivity index (χ3v) is 2.00. The van der Waals surface area contributed by atoms with E-state index in [0.29, 0.717) is 0 Å². The Kier molecular flexibility index (Phi) is 4.74. The molecule has 4 nitrogen and oxygen atoms in total. The van der Waals surface area contributed by atoms with Crippen molar-refractivity contribution in [2.45, 2.75) is 11.8 Å². The van der Waals surface area contributed by atoms with Gasteiger partial charge in [-0.2, -0.15) is 5.26 Å². The summed E-state index contributed by atoms with van der Waals surface area (Å²) in [6, 6.07) is 9.64. The molecule has 0 radical (unpaired) electrons. The fraction of sp³-hybridized carbons (Fsp3) is 0.125. The van der Waals surface area contributed by atoms with Crippen molar-refractivity contribution in [2.75, 3.05) is 0 Å². The fourth-order valence-corrected chi connectivity index (χ4v) is 1.15. The Hall–Kier alpha value is -1.38. The summed E-state index contributed by atoms with van der Waals surface area (Å²) < 4.78 is 21.2. The minimum Gasteiger partial charge on any atom is -0.225 e. The maximum Gasteiger partial charge on any atom is 0.238 e. The van der Waals surface area contributed by atoms with Crippen LogP contribution < -0.4 is 5.14 Å². The van der Waals surface area contributed by atoms with E-state index in [1.807, 2.05) is 0 Å². The Morgan fingerprint density at radius 1 is 1.31 bits per heavy atom. The number of nitriles is 1. The molecule has 0 aliphatic carbocycles. The summed E-state index contributed by atoms with van der Waals surface area (Å²) in [5.41, 5.74) is 0. The van der Waals surface area contributed by atoms with E-state index >= 15 is 0 Å². The minimum absolute atomic E-state index is 0.148. The van der Waals surface area contributed by atoms with Crippen LogP contribution >= 0.6 is 0 Å². The molecular formula is C8H10N2O2S. The smallest absolute Gasteiger partial charge is 0.225 e. The first-order valence-electron chi connectivity index (χ1n) is 3.41. The van der Waals surface area contributed by atoms with Crippen LogP contribution in [0.25, 0.3) is 0 Å². The molecule has 0 amide bonds. The van der Waals surface area contributed by atoms with E-state index in [-0.39, 0.29) is 4.90 Å². The summed E-state index contributed by atoms with van der Waals surface area (Å²) in [4.78, 5) is 0.148. The molecule has 0 aliphatic rings. The van der Waals surface area contributed by atoms with Gasteiger partial charge in [-0.1, -0.05) is 18.2 Å². The molecule has 5 heteroatoms. The third-order valence-electron chi connectivity index (χ3n) is 1.07. The SMILES string of the molecule is CC#N.NS(=O)(=O)c1ccccc1. The predicted octanol–water partition coefficient (Wildman–Crippen LogP) is 0.864. The highest BCUT2D eigenvalue weighted by atomic mass is 32.2. The topological polar surface area (TPSA) is 83.9 Å². The lowest BCUT2D eigenvalue weighted by atomic mass is 10.4. The Morgan fingerprint density at radius 2 is 1.69 bits per heavy atom. The molecule has 0 fully saturated rings. The Balaban J connectivity index is 0.000000424. The normalized spacial score (nSPS) is 9.31. The van der Waals surface area contributed by atoms with Crippen molar-refractivity contribution in [3.05, 3.63) is 30.3 Å². The van der Waals surface area contributed by atoms with Crippen LogP contribution in [0.15, 0.2) is 35.2 Å². The first kappa shape index (κ1) is 11.6. The van der Waals surface area contributed by atoms with Crippen LogP contribution in [0.4, 0.5) is 0 Å². The molecule has 0 saturated carbocycles. The fourth-order valence-electron chi connectivity index (χ4n) is 0.610. The molecule has 0 spiro atoms. The number of hydrogen-bond donors (Lipinski definition) is 1. The summed E-state index contributed by atoms with van der Waals surface area (Å²) >= 11 is 0. The number of benzene rings is 1. The molecule has 0 atom stereocenters. The number of primary sulfonamides is 1. The van der Waals surface area contributed by atoms with E-state index in [9.17, 15) is 8.42 Å². The lowest BCUT2D eigenvalue weighted by molar-refractivity contribution is 0.598. The van der Waals surface area contributed by atoms with Gasteiger partial charge < -0.3 is 0 Å². The molecule has 0 bridgehead atoms. The lowest BCUT2D eigenvalue weighted by Crippen LogP contribution is -2.11. The summed E-state index contributed by atoms with van der Waals surface area (Å²) in [5.74, 6) is 0. The predicted molar refractivity (Wildman–Crippen MR) is 49.1 cm³/mol. The highest BCUT2D eigenvalue weighted by Gasteiger charge is 2.03. The molecule has 1 rings (SSSR count). The van der Waals surface area contributed by atoms with Crippen molar-refractivity contribution in [1.29, 1.82) is 5.26 Å². The highest BCUT2D eigenvalue weighted by molar-refractivity contribution is 7.89. The number of hydrogen-bond acceptors (Lipinski definition) is 3. The van der Waals surface area contributed by atoms with Gasteiger partial charge in [0.05, 0.1) is 11.0 Å². The largest absolute Gasteiger partial charge is 0.238 e. The van der Waals surface area contributed by atoms with Gasteiger partial charge in [0.1, 0.15) is 0 Å². The van der Waals surface area contributed by atoms with E-state index in [4.69, 9.17) is 10.4 Å². The first-order valence-corrected chi connectivity index (χ1v) is 4.95. The number of nitrogens with zero attached hydrogens (tertiary/aromatic N) is 1. The molecule has 0 aliphatic heterocycles. The van der Waals surface area contributed by atoms with E-state index < -0.39 is 10.0 Å². The second-order valence-electron chi connectivity index (χ2n) is 2.08. The molecule has 1 aromatic rings. The zero-order valence-corrected chi connectivity index (χ0v) is 7.95. The zero-order chi connectivity index (χ0) is 10.3. The second kappa shape index (κ2) is 5.30. The summed E-state index contributed by atoms with van der Waals surface area (Å²) in [5, 5.41) is 12.1. The van der Waals surface area contributed by atoms with Crippen LogP contribution in [-0.2, 0) is 10.0 Å². The van der Waals surface area contributed by atoms with Gasteiger partial charge in [-0.3, -0.25) is 0 Å². The lowest BCUT2D eigenvalue weighted by Gasteiger charge is -1.93. The van der Waals surface area contributed by atoms with Crippen molar-refractivity contribution < 1.29 is 8.42 Å². The van der Waals surface area contributed by atoms with Crippen molar-refractivity contribution in [3.63, 3.8) is 0 Å². The van der Waals surface area contributed by atoms with Gasteiger partial charge in [0, 0.05) is 6.92 Å². The number of rotatable bonds is 1. The van der Waals surface area contributed by atoms with Gasteiger partial charge in [-0.15, -0.1) is 0 Å². The van der Waals surface area contributed by atoms with E-state index in [1.165, 1.54) is 19.1 Å². The van der Waals surface area contributed by atoms with Crippen molar-refractivity contribution in [2.24, 2.45) is 5.14 Å². The monoisotopic (exact) mass is 198 g/mol. The van der Waals surface area contributed by atoms with E-state index in [1.54, 1.807) is 24.3 Å². The van der Waals surface area contributed by atoms with Crippen molar-refractivity contribution in [1.82, 2.24) is 0 Å². The van der Waals surface area contributed by atoms with Crippen LogP contribution in [0.3, 0.4) is 0 Å².